The van der Waals surface area contributed by atoms with Crippen LogP contribution in [0.25, 0.3) is 0 Å². The van der Waals surface area contributed by atoms with Crippen LogP contribution in [0.5, 0.6) is 0 Å². The third-order valence-corrected chi connectivity index (χ3v) is 3.18. The molecule has 72 valence electrons. The smallest absolute Gasteiger partial charge is 0.122 e. The molecule has 1 rings (SSSR count). The van der Waals surface area contributed by atoms with Gasteiger partial charge in [-0.2, -0.15) is 5.26 Å². The number of hydrogen-bond donors (Lipinski definition) is 1. The van der Waals surface area contributed by atoms with Gasteiger partial charge in [0.1, 0.15) is 6.29 Å². The zero-order chi connectivity index (χ0) is 9.95. The molecular weight excluding hydrogens is 166 g/mol. The Morgan fingerprint density at radius 1 is 1.62 bits per heavy atom. The fourth-order valence-corrected chi connectivity index (χ4v) is 2.11. The number of nitrogens with zero attached hydrogens (tertiary/aromatic N) is 1. The van der Waals surface area contributed by atoms with Crippen LogP contribution >= 0.6 is 0 Å². The predicted molar refractivity (Wildman–Crippen MR) is 47.8 cm³/mol. The van der Waals surface area contributed by atoms with Crippen molar-refractivity contribution in [2.24, 2.45) is 5.41 Å². The summed E-state index contributed by atoms with van der Waals surface area (Å²) in [5.74, 6) is 0. The Morgan fingerprint density at radius 3 is 2.54 bits per heavy atom. The average Bonchev–Trinajstić information content (AvgIpc) is 2.53. The molecule has 0 amide bonds. The lowest BCUT2D eigenvalue weighted by Gasteiger charge is -2.35. The molecule has 1 atom stereocenters. The van der Waals surface area contributed by atoms with E-state index in [1.807, 2.05) is 0 Å². The first-order valence-corrected chi connectivity index (χ1v) is 4.65. The lowest BCUT2D eigenvalue weighted by molar-refractivity contribution is -0.116. The summed E-state index contributed by atoms with van der Waals surface area (Å²) in [6, 6.07) is 2.19. The molecule has 1 N–H and O–H groups in total. The van der Waals surface area contributed by atoms with Crippen LogP contribution in [-0.4, -0.2) is 17.0 Å². The fourth-order valence-electron chi connectivity index (χ4n) is 2.11. The molecule has 0 aromatic heterocycles. The summed E-state index contributed by atoms with van der Waals surface area (Å²) in [5, 5.41) is 19.1. The summed E-state index contributed by atoms with van der Waals surface area (Å²) in [4.78, 5) is 10.4. The minimum atomic E-state index is -1.15. The van der Waals surface area contributed by atoms with Crippen molar-refractivity contribution in [1.29, 1.82) is 5.26 Å². The summed E-state index contributed by atoms with van der Waals surface area (Å²) in [6.07, 6.45) is 4.12. The number of hydrogen-bond acceptors (Lipinski definition) is 3. The number of carbonyl (C=O) groups is 1. The zero-order valence-electron chi connectivity index (χ0n) is 7.92. The van der Waals surface area contributed by atoms with Gasteiger partial charge in [0.2, 0.25) is 0 Å². The number of nitriles is 1. The summed E-state index contributed by atoms with van der Waals surface area (Å²) in [6.45, 7) is 1.59. The van der Waals surface area contributed by atoms with E-state index in [9.17, 15) is 9.90 Å². The highest BCUT2D eigenvalue weighted by Gasteiger charge is 2.48. The molecule has 3 nitrogen and oxygen atoms in total. The van der Waals surface area contributed by atoms with Crippen molar-refractivity contribution in [3.63, 3.8) is 0 Å². The van der Waals surface area contributed by atoms with Crippen molar-refractivity contribution in [1.82, 2.24) is 0 Å². The largest absolute Gasteiger partial charge is 0.388 e. The monoisotopic (exact) mass is 181 g/mol. The number of rotatable bonds is 3. The van der Waals surface area contributed by atoms with Crippen LogP contribution in [0.2, 0.25) is 0 Å². The summed E-state index contributed by atoms with van der Waals surface area (Å²) in [5.41, 5.74) is -1.84. The van der Waals surface area contributed by atoms with Gasteiger partial charge in [-0.25, -0.2) is 0 Å². The molecule has 0 spiro atoms. The first-order chi connectivity index (χ1) is 6.08. The maximum Gasteiger partial charge on any atom is 0.122 e. The lowest BCUT2D eigenvalue weighted by atomic mass is 9.71. The van der Waals surface area contributed by atoms with E-state index >= 15 is 0 Å². The third-order valence-electron chi connectivity index (χ3n) is 3.18. The second kappa shape index (κ2) is 3.47. The van der Waals surface area contributed by atoms with Gasteiger partial charge in [-0.15, -0.1) is 0 Å². The van der Waals surface area contributed by atoms with E-state index in [0.717, 1.165) is 12.8 Å². The lowest BCUT2D eigenvalue weighted by Crippen LogP contribution is -2.43. The van der Waals surface area contributed by atoms with Crippen molar-refractivity contribution in [2.75, 3.05) is 0 Å². The van der Waals surface area contributed by atoms with Crippen LogP contribution in [0, 0.1) is 16.7 Å². The van der Waals surface area contributed by atoms with E-state index in [1.165, 1.54) is 0 Å². The molecule has 13 heavy (non-hydrogen) atoms. The Kier molecular flexibility index (Phi) is 2.72. The van der Waals surface area contributed by atoms with Gasteiger partial charge in [0.05, 0.1) is 17.1 Å². The van der Waals surface area contributed by atoms with Crippen molar-refractivity contribution in [3.05, 3.63) is 0 Å². The van der Waals surface area contributed by atoms with Gasteiger partial charge in [0.25, 0.3) is 0 Å². The van der Waals surface area contributed by atoms with E-state index in [2.05, 4.69) is 6.07 Å². The molecule has 0 bridgehead atoms. The second-order valence-electron chi connectivity index (χ2n) is 4.05. The normalized spacial score (nSPS) is 24.7. The molecule has 1 fully saturated rings. The van der Waals surface area contributed by atoms with Gasteiger partial charge in [-0.05, 0) is 19.8 Å². The highest BCUT2D eigenvalue weighted by Crippen LogP contribution is 2.47. The van der Waals surface area contributed by atoms with E-state index in [0.29, 0.717) is 19.1 Å². The molecule has 0 aromatic rings. The molecule has 0 radical (unpaired) electrons. The summed E-state index contributed by atoms with van der Waals surface area (Å²) >= 11 is 0. The summed E-state index contributed by atoms with van der Waals surface area (Å²) in [7, 11) is 0. The Hall–Kier alpha value is -0.880. The Balaban J connectivity index is 2.87. The predicted octanol–water partition coefficient (Wildman–Crippen LogP) is 1.41. The topological polar surface area (TPSA) is 61.1 Å². The third kappa shape index (κ3) is 1.59. The van der Waals surface area contributed by atoms with Crippen molar-refractivity contribution >= 4 is 6.29 Å². The molecule has 0 heterocycles. The maximum atomic E-state index is 10.4. The number of aliphatic hydroxyl groups is 1. The van der Waals surface area contributed by atoms with E-state index in [4.69, 9.17) is 5.26 Å². The molecule has 1 unspecified atom stereocenters. The molecule has 0 aliphatic heterocycles. The van der Waals surface area contributed by atoms with Gasteiger partial charge in [-0.1, -0.05) is 12.8 Å². The van der Waals surface area contributed by atoms with Gasteiger partial charge in [0.15, 0.2) is 0 Å². The van der Waals surface area contributed by atoms with Crippen molar-refractivity contribution in [2.45, 2.75) is 44.6 Å². The van der Waals surface area contributed by atoms with E-state index in [-0.39, 0.29) is 6.42 Å². The minimum absolute atomic E-state index is 0.0561. The van der Waals surface area contributed by atoms with Crippen LogP contribution in [0.3, 0.4) is 0 Å². The SMILES string of the molecule is CC(O)(CC=O)C1(C#N)CCCC1. The molecule has 3 heteroatoms. The number of aldehydes is 1. The van der Waals surface area contributed by atoms with Crippen LogP contribution in [0.1, 0.15) is 39.0 Å². The minimum Gasteiger partial charge on any atom is -0.388 e. The first-order valence-electron chi connectivity index (χ1n) is 4.65. The average molecular weight is 181 g/mol. The van der Waals surface area contributed by atoms with Crippen molar-refractivity contribution in [3.8, 4) is 6.07 Å². The van der Waals surface area contributed by atoms with Crippen LogP contribution in [0.4, 0.5) is 0 Å². The second-order valence-corrected chi connectivity index (χ2v) is 4.05. The van der Waals surface area contributed by atoms with Gasteiger partial charge < -0.3 is 9.90 Å². The molecule has 1 aliphatic rings. The van der Waals surface area contributed by atoms with E-state index < -0.39 is 11.0 Å². The van der Waals surface area contributed by atoms with Gasteiger partial charge >= 0.3 is 0 Å². The van der Waals surface area contributed by atoms with E-state index in [1.54, 1.807) is 6.92 Å². The number of carbonyl (C=O) groups excluding carboxylic acids is 1. The highest BCUT2D eigenvalue weighted by atomic mass is 16.3. The fraction of sp³-hybridized carbons (Fsp3) is 0.800. The molecular formula is C10H15NO2. The highest BCUT2D eigenvalue weighted by molar-refractivity contribution is 5.52. The zero-order valence-corrected chi connectivity index (χ0v) is 7.92. The van der Waals surface area contributed by atoms with Crippen LogP contribution in [-0.2, 0) is 4.79 Å². The molecule has 1 aliphatic carbocycles. The summed E-state index contributed by atoms with van der Waals surface area (Å²) < 4.78 is 0. The quantitative estimate of drug-likeness (QED) is 0.669. The van der Waals surface area contributed by atoms with Gasteiger partial charge in [-0.3, -0.25) is 0 Å². The molecule has 0 aromatic carbocycles. The Labute approximate surface area is 78.4 Å². The van der Waals surface area contributed by atoms with Gasteiger partial charge in [0, 0.05) is 6.42 Å². The van der Waals surface area contributed by atoms with Crippen LogP contribution < -0.4 is 0 Å². The van der Waals surface area contributed by atoms with Crippen molar-refractivity contribution < 1.29 is 9.90 Å². The Bertz CT molecular complexity index is 234. The molecule has 0 saturated heterocycles. The molecule has 1 saturated carbocycles. The standard InChI is InChI=1S/C10H15NO2/c1-9(13,6-7-12)10(8-11)4-2-3-5-10/h7,13H,2-6H2,1H3. The first kappa shape index (κ1) is 10.2. The maximum absolute atomic E-state index is 10.4. The Morgan fingerprint density at radius 2 is 2.15 bits per heavy atom. The van der Waals surface area contributed by atoms with Crippen LogP contribution in [0.15, 0.2) is 0 Å².